The van der Waals surface area contributed by atoms with Gasteiger partial charge in [0.05, 0.1) is 5.60 Å². The van der Waals surface area contributed by atoms with Crippen LogP contribution in [0.4, 0.5) is 5.69 Å². The van der Waals surface area contributed by atoms with E-state index in [1.165, 1.54) is 0 Å². The van der Waals surface area contributed by atoms with Gasteiger partial charge in [0, 0.05) is 25.3 Å². The zero-order chi connectivity index (χ0) is 10.8. The third-order valence-electron chi connectivity index (χ3n) is 2.65. The highest BCUT2D eigenvalue weighted by atomic mass is 16.3. The zero-order valence-corrected chi connectivity index (χ0v) is 9.41. The van der Waals surface area contributed by atoms with E-state index in [2.05, 4.69) is 0 Å². The summed E-state index contributed by atoms with van der Waals surface area (Å²) in [5.74, 6) is 0. The van der Waals surface area contributed by atoms with Crippen LogP contribution < -0.4 is 4.90 Å². The van der Waals surface area contributed by atoms with Crippen LogP contribution in [-0.2, 0) is 5.60 Å². The molecule has 0 saturated heterocycles. The Bertz CT molecular complexity index is 305. The molecule has 0 unspecified atom stereocenters. The summed E-state index contributed by atoms with van der Waals surface area (Å²) in [5, 5.41) is 10.2. The third kappa shape index (κ3) is 2.07. The van der Waals surface area contributed by atoms with Gasteiger partial charge in [0.25, 0.3) is 0 Å². The Kier molecular flexibility index (Phi) is 3.17. The second-order valence-corrected chi connectivity index (χ2v) is 4.04. The number of nitrogens with zero attached hydrogens (tertiary/aromatic N) is 1. The van der Waals surface area contributed by atoms with Crippen LogP contribution in [0.1, 0.15) is 25.8 Å². The van der Waals surface area contributed by atoms with Gasteiger partial charge in [0.2, 0.25) is 0 Å². The maximum atomic E-state index is 10.2. The first-order valence-corrected chi connectivity index (χ1v) is 4.98. The van der Waals surface area contributed by atoms with Crippen LogP contribution in [0.2, 0.25) is 0 Å². The molecule has 0 bridgehead atoms. The van der Waals surface area contributed by atoms with Crippen molar-refractivity contribution in [3.05, 3.63) is 29.8 Å². The molecule has 0 spiro atoms. The lowest BCUT2D eigenvalue weighted by molar-refractivity contribution is 0.0536. The summed E-state index contributed by atoms with van der Waals surface area (Å²) in [6, 6.07) is 7.97. The van der Waals surface area contributed by atoms with Gasteiger partial charge < -0.3 is 10.0 Å². The molecule has 78 valence electrons. The van der Waals surface area contributed by atoms with Crippen molar-refractivity contribution in [1.29, 1.82) is 0 Å². The fourth-order valence-electron chi connectivity index (χ4n) is 1.51. The molecule has 0 heterocycles. The molecule has 1 atom stereocenters. The molecular formula is C12H19NO. The average Bonchev–Trinajstić information content (AvgIpc) is 2.18. The molecule has 0 amide bonds. The van der Waals surface area contributed by atoms with Crippen molar-refractivity contribution in [3.63, 3.8) is 0 Å². The first kappa shape index (κ1) is 11.1. The summed E-state index contributed by atoms with van der Waals surface area (Å²) in [7, 11) is 3.98. The topological polar surface area (TPSA) is 23.5 Å². The molecule has 0 fully saturated rings. The normalized spacial score (nSPS) is 14.9. The summed E-state index contributed by atoms with van der Waals surface area (Å²) in [6.45, 7) is 3.85. The molecule has 1 N–H and O–H groups in total. The van der Waals surface area contributed by atoms with E-state index in [1.54, 1.807) is 0 Å². The molecule has 2 nitrogen and oxygen atoms in total. The fraction of sp³-hybridized carbons (Fsp3) is 0.500. The third-order valence-corrected chi connectivity index (χ3v) is 2.65. The number of para-hydroxylation sites is 1. The van der Waals surface area contributed by atoms with E-state index < -0.39 is 5.60 Å². The second kappa shape index (κ2) is 4.01. The first-order chi connectivity index (χ1) is 6.49. The predicted octanol–water partition coefficient (Wildman–Crippen LogP) is 2.37. The quantitative estimate of drug-likeness (QED) is 0.796. The first-order valence-electron chi connectivity index (χ1n) is 4.98. The largest absolute Gasteiger partial charge is 0.385 e. The Morgan fingerprint density at radius 3 is 2.36 bits per heavy atom. The van der Waals surface area contributed by atoms with E-state index in [0.717, 1.165) is 17.7 Å². The summed E-state index contributed by atoms with van der Waals surface area (Å²) in [6.07, 6.45) is 0.720. The van der Waals surface area contributed by atoms with E-state index in [9.17, 15) is 5.11 Å². The monoisotopic (exact) mass is 193 g/mol. The second-order valence-electron chi connectivity index (χ2n) is 4.04. The minimum atomic E-state index is -0.735. The molecule has 0 aliphatic rings. The van der Waals surface area contributed by atoms with Crippen LogP contribution >= 0.6 is 0 Å². The van der Waals surface area contributed by atoms with E-state index in [0.29, 0.717) is 0 Å². The smallest absolute Gasteiger partial charge is 0.0885 e. The molecule has 0 radical (unpaired) electrons. The number of anilines is 1. The lowest BCUT2D eigenvalue weighted by Crippen LogP contribution is -2.23. The van der Waals surface area contributed by atoms with Gasteiger partial charge in [-0.05, 0) is 19.4 Å². The van der Waals surface area contributed by atoms with Crippen LogP contribution in [0.3, 0.4) is 0 Å². The molecule has 14 heavy (non-hydrogen) atoms. The number of rotatable bonds is 3. The van der Waals surface area contributed by atoms with Gasteiger partial charge in [-0.3, -0.25) is 0 Å². The maximum absolute atomic E-state index is 10.2. The average molecular weight is 193 g/mol. The number of aliphatic hydroxyl groups is 1. The lowest BCUT2D eigenvalue weighted by Gasteiger charge is -2.27. The highest BCUT2D eigenvalue weighted by Crippen LogP contribution is 2.31. The van der Waals surface area contributed by atoms with Crippen molar-refractivity contribution < 1.29 is 5.11 Å². The molecule has 1 aromatic rings. The van der Waals surface area contributed by atoms with Gasteiger partial charge >= 0.3 is 0 Å². The Hall–Kier alpha value is -1.02. The lowest BCUT2D eigenvalue weighted by atomic mass is 9.91. The van der Waals surface area contributed by atoms with Gasteiger partial charge in [-0.25, -0.2) is 0 Å². The van der Waals surface area contributed by atoms with Crippen molar-refractivity contribution in [2.24, 2.45) is 0 Å². The fourth-order valence-corrected chi connectivity index (χ4v) is 1.51. The molecule has 1 rings (SSSR count). The molecular weight excluding hydrogens is 174 g/mol. The Balaban J connectivity index is 3.20. The minimum Gasteiger partial charge on any atom is -0.385 e. The standard InChI is InChI=1S/C12H19NO/c1-5-12(2,14)10-8-6-7-9-11(10)13(3)4/h6-9,14H,5H2,1-4H3/t12-/m0/s1. The summed E-state index contributed by atoms with van der Waals surface area (Å²) >= 11 is 0. The van der Waals surface area contributed by atoms with Crippen molar-refractivity contribution in [2.75, 3.05) is 19.0 Å². The molecule has 1 aromatic carbocycles. The van der Waals surface area contributed by atoms with Gasteiger partial charge in [-0.1, -0.05) is 25.1 Å². The molecule has 0 aliphatic heterocycles. The summed E-state index contributed by atoms with van der Waals surface area (Å²) in [4.78, 5) is 2.03. The van der Waals surface area contributed by atoms with E-state index in [1.807, 2.05) is 57.1 Å². The highest BCUT2D eigenvalue weighted by Gasteiger charge is 2.23. The highest BCUT2D eigenvalue weighted by molar-refractivity contribution is 5.54. The molecule has 0 saturated carbocycles. The maximum Gasteiger partial charge on any atom is 0.0885 e. The van der Waals surface area contributed by atoms with Gasteiger partial charge in [-0.15, -0.1) is 0 Å². The zero-order valence-electron chi connectivity index (χ0n) is 9.41. The number of hydrogen-bond acceptors (Lipinski definition) is 2. The SMILES string of the molecule is CC[C@](C)(O)c1ccccc1N(C)C. The summed E-state index contributed by atoms with van der Waals surface area (Å²) < 4.78 is 0. The van der Waals surface area contributed by atoms with Crippen LogP contribution in [0, 0.1) is 0 Å². The van der Waals surface area contributed by atoms with Gasteiger partial charge in [0.1, 0.15) is 0 Å². The van der Waals surface area contributed by atoms with Crippen LogP contribution in [0.25, 0.3) is 0 Å². The van der Waals surface area contributed by atoms with E-state index in [-0.39, 0.29) is 0 Å². The van der Waals surface area contributed by atoms with Crippen molar-refractivity contribution >= 4 is 5.69 Å². The van der Waals surface area contributed by atoms with Crippen LogP contribution in [0.15, 0.2) is 24.3 Å². The molecule has 0 aromatic heterocycles. The van der Waals surface area contributed by atoms with Crippen LogP contribution in [0.5, 0.6) is 0 Å². The van der Waals surface area contributed by atoms with Crippen LogP contribution in [-0.4, -0.2) is 19.2 Å². The Morgan fingerprint density at radius 1 is 1.29 bits per heavy atom. The van der Waals surface area contributed by atoms with Crippen molar-refractivity contribution in [2.45, 2.75) is 25.9 Å². The number of benzene rings is 1. The van der Waals surface area contributed by atoms with Gasteiger partial charge in [-0.2, -0.15) is 0 Å². The predicted molar refractivity (Wildman–Crippen MR) is 60.6 cm³/mol. The van der Waals surface area contributed by atoms with E-state index >= 15 is 0 Å². The van der Waals surface area contributed by atoms with Crippen molar-refractivity contribution in [3.8, 4) is 0 Å². The Morgan fingerprint density at radius 2 is 1.86 bits per heavy atom. The molecule has 0 aliphatic carbocycles. The Labute approximate surface area is 86.2 Å². The van der Waals surface area contributed by atoms with Crippen molar-refractivity contribution in [1.82, 2.24) is 0 Å². The minimum absolute atomic E-state index is 0.720. The molecule has 2 heteroatoms. The van der Waals surface area contributed by atoms with E-state index in [4.69, 9.17) is 0 Å². The number of hydrogen-bond donors (Lipinski definition) is 1. The van der Waals surface area contributed by atoms with Gasteiger partial charge in [0.15, 0.2) is 0 Å². The summed E-state index contributed by atoms with van der Waals surface area (Å²) in [5.41, 5.74) is 1.34.